The number of hydrogen-bond donors (Lipinski definition) is 0. The number of hydrogen-bond acceptors (Lipinski definition) is 2. The molecule has 2 radical (unpaired) electrons. The van der Waals surface area contributed by atoms with Gasteiger partial charge in [-0.15, -0.1) is 0 Å². The van der Waals surface area contributed by atoms with Crippen LogP contribution in [0.25, 0.3) is 6.08 Å². The topological polar surface area (TPSA) is 6.48 Å². The Labute approximate surface area is 184 Å². The van der Waals surface area contributed by atoms with Gasteiger partial charge in [0, 0.05) is 0 Å². The molecule has 0 amide bonds. The Bertz CT molecular complexity index is 521. The van der Waals surface area contributed by atoms with Gasteiger partial charge in [0.25, 0.3) is 0 Å². The van der Waals surface area contributed by atoms with E-state index in [1.54, 1.807) is 0 Å². The molecular weight excluding hydrogens is 368 g/mol. The van der Waals surface area contributed by atoms with Crippen LogP contribution in [0.2, 0.25) is 0 Å². The van der Waals surface area contributed by atoms with Crippen LogP contribution in [0.1, 0.15) is 91.5 Å². The molecule has 0 fully saturated rings. The first-order valence-electron chi connectivity index (χ1n) is 12.1. The van der Waals surface area contributed by atoms with E-state index in [0.29, 0.717) is 0 Å². The molecule has 0 bridgehead atoms. The molecule has 0 aliphatic carbocycles. The Balaban J connectivity index is 3.29. The molecule has 0 spiro atoms. The van der Waals surface area contributed by atoms with E-state index in [2.05, 4.69) is 75.3 Å². The Morgan fingerprint density at radius 2 is 1.28 bits per heavy atom. The summed E-state index contributed by atoms with van der Waals surface area (Å²) in [5.41, 5.74) is 1.24. The lowest BCUT2D eigenvalue weighted by Gasteiger charge is -2.49. The fourth-order valence-corrected chi connectivity index (χ4v) is 5.59. The number of unbranched alkanes of at least 4 members (excludes halogenated alkanes) is 4. The third-order valence-electron chi connectivity index (χ3n) is 5.86. The third-order valence-corrected chi connectivity index (χ3v) is 7.57. The van der Waals surface area contributed by atoms with Crippen molar-refractivity contribution in [2.24, 2.45) is 0 Å². The van der Waals surface area contributed by atoms with E-state index in [0.717, 1.165) is 9.52 Å². The second-order valence-corrected chi connectivity index (χ2v) is 10.1. The Hall–Kier alpha value is -0.903. The van der Waals surface area contributed by atoms with Gasteiger partial charge >= 0.3 is 0 Å². The Kier molecular flexibility index (Phi) is 13.5. The minimum Gasteiger partial charge on any atom is -0.288 e. The van der Waals surface area contributed by atoms with E-state index in [4.69, 9.17) is 0 Å². The molecule has 1 aromatic rings. The van der Waals surface area contributed by atoms with Crippen molar-refractivity contribution in [3.05, 3.63) is 36.4 Å². The zero-order chi connectivity index (χ0) is 21.5. The van der Waals surface area contributed by atoms with Crippen LogP contribution < -0.4 is 5.19 Å². The van der Waals surface area contributed by atoms with Gasteiger partial charge in [-0.1, -0.05) is 95.5 Å². The van der Waals surface area contributed by atoms with Crippen molar-refractivity contribution in [3.8, 4) is 0 Å². The maximum absolute atomic E-state index is 3.98. The van der Waals surface area contributed by atoms with Crippen molar-refractivity contribution in [2.45, 2.75) is 91.3 Å². The monoisotopic (exact) mass is 414 g/mol. The van der Waals surface area contributed by atoms with Crippen LogP contribution in [0.15, 0.2) is 30.8 Å². The highest BCUT2D eigenvalue weighted by Crippen LogP contribution is 2.23. The van der Waals surface area contributed by atoms with Gasteiger partial charge in [-0.2, -0.15) is 0 Å². The maximum Gasteiger partial charge on any atom is 0.127 e. The second-order valence-electron chi connectivity index (χ2n) is 8.36. The van der Waals surface area contributed by atoms with Gasteiger partial charge in [0.15, 0.2) is 0 Å². The van der Waals surface area contributed by atoms with Crippen LogP contribution in [0.3, 0.4) is 0 Å². The molecule has 29 heavy (non-hydrogen) atoms. The van der Waals surface area contributed by atoms with Crippen LogP contribution in [-0.2, 0) is 0 Å². The molecule has 0 atom stereocenters. The number of nitrogens with zero attached hydrogens (tertiary/aromatic N) is 2. The van der Waals surface area contributed by atoms with Gasteiger partial charge in [0.1, 0.15) is 9.52 Å². The molecular formula is C26H46N2Si. The molecule has 0 heterocycles. The van der Waals surface area contributed by atoms with Crippen LogP contribution >= 0.6 is 0 Å². The van der Waals surface area contributed by atoms with Gasteiger partial charge < -0.3 is 0 Å². The molecule has 1 aromatic carbocycles. The van der Waals surface area contributed by atoms with E-state index in [1.165, 1.54) is 88.3 Å². The highest BCUT2D eigenvalue weighted by molar-refractivity contribution is 6.56. The van der Waals surface area contributed by atoms with E-state index in [-0.39, 0.29) is 5.29 Å². The minimum atomic E-state index is 0.0917. The van der Waals surface area contributed by atoms with Crippen LogP contribution in [0, 0.1) is 0 Å². The standard InChI is InChI=1S/C26H46N2Si/c1-7-12-19-27(20-13-8-2)26(6,28(21-14-9-3)22-15-10-4)29-25-18-16-17-24(11-5)23-25/h11,16-18,23H,5,7-10,12-15,19-22H2,1-4,6H3. The second kappa shape index (κ2) is 15.0. The Morgan fingerprint density at radius 3 is 1.66 bits per heavy atom. The SMILES string of the molecule is C=Cc1cccc([Si]C(C)(N(CCCC)CCCC)N(CCCC)CCCC)c1. The lowest BCUT2D eigenvalue weighted by atomic mass is 10.2. The average Bonchev–Trinajstić information content (AvgIpc) is 2.73. The summed E-state index contributed by atoms with van der Waals surface area (Å²) in [7, 11) is 0.758. The van der Waals surface area contributed by atoms with Crippen molar-refractivity contribution in [1.82, 2.24) is 9.80 Å². The fraction of sp³-hybridized carbons (Fsp3) is 0.692. The first-order chi connectivity index (χ1) is 14.0. The first kappa shape index (κ1) is 26.1. The molecule has 164 valence electrons. The summed E-state index contributed by atoms with van der Waals surface area (Å²) in [6.07, 6.45) is 12.2. The van der Waals surface area contributed by atoms with E-state index >= 15 is 0 Å². The lowest BCUT2D eigenvalue weighted by molar-refractivity contribution is 0.0127. The van der Waals surface area contributed by atoms with Crippen molar-refractivity contribution < 1.29 is 0 Å². The summed E-state index contributed by atoms with van der Waals surface area (Å²) in [6.45, 7) is 20.6. The molecule has 2 nitrogen and oxygen atoms in total. The molecule has 3 heteroatoms. The maximum atomic E-state index is 3.98. The quantitative estimate of drug-likeness (QED) is 0.223. The highest BCUT2D eigenvalue weighted by atomic mass is 28.2. The average molecular weight is 415 g/mol. The van der Waals surface area contributed by atoms with Gasteiger partial charge in [-0.3, -0.25) is 9.80 Å². The van der Waals surface area contributed by atoms with Crippen LogP contribution in [-0.4, -0.2) is 50.8 Å². The van der Waals surface area contributed by atoms with Crippen molar-refractivity contribution in [1.29, 1.82) is 0 Å². The summed E-state index contributed by atoms with van der Waals surface area (Å²) in [6, 6.07) is 9.03. The van der Waals surface area contributed by atoms with Gasteiger partial charge in [-0.25, -0.2) is 0 Å². The van der Waals surface area contributed by atoms with Gasteiger partial charge in [-0.05, 0) is 64.3 Å². The van der Waals surface area contributed by atoms with Crippen molar-refractivity contribution in [2.75, 3.05) is 26.2 Å². The molecule has 0 N–H and O–H groups in total. The van der Waals surface area contributed by atoms with Crippen LogP contribution in [0.4, 0.5) is 0 Å². The molecule has 0 aliphatic heterocycles. The summed E-state index contributed by atoms with van der Waals surface area (Å²) in [5.74, 6) is 0. The van der Waals surface area contributed by atoms with E-state index < -0.39 is 0 Å². The molecule has 0 unspecified atom stereocenters. The molecule has 1 rings (SSSR count). The van der Waals surface area contributed by atoms with Crippen LogP contribution in [0.5, 0.6) is 0 Å². The summed E-state index contributed by atoms with van der Waals surface area (Å²) in [5, 5.41) is 1.55. The van der Waals surface area contributed by atoms with Crippen molar-refractivity contribution in [3.63, 3.8) is 0 Å². The summed E-state index contributed by atoms with van der Waals surface area (Å²) < 4.78 is 0. The van der Waals surface area contributed by atoms with Gasteiger partial charge in [0.05, 0.1) is 5.29 Å². The predicted octanol–water partition coefficient (Wildman–Crippen LogP) is 6.14. The fourth-order valence-electron chi connectivity index (χ4n) is 3.87. The first-order valence-corrected chi connectivity index (χ1v) is 13.1. The smallest absolute Gasteiger partial charge is 0.127 e. The van der Waals surface area contributed by atoms with Gasteiger partial charge in [0.2, 0.25) is 0 Å². The normalized spacial score (nSPS) is 12.1. The number of benzene rings is 1. The molecule has 0 aromatic heterocycles. The van der Waals surface area contributed by atoms with E-state index in [1.807, 2.05) is 6.08 Å². The summed E-state index contributed by atoms with van der Waals surface area (Å²) in [4.78, 5) is 5.65. The molecule has 0 saturated heterocycles. The Morgan fingerprint density at radius 1 is 0.828 bits per heavy atom. The number of rotatable bonds is 17. The van der Waals surface area contributed by atoms with Crippen molar-refractivity contribution >= 4 is 20.8 Å². The minimum absolute atomic E-state index is 0.0917. The zero-order valence-corrected chi connectivity index (χ0v) is 21.0. The zero-order valence-electron chi connectivity index (χ0n) is 20.0. The predicted molar refractivity (Wildman–Crippen MR) is 133 cm³/mol. The third kappa shape index (κ3) is 8.78. The summed E-state index contributed by atoms with van der Waals surface area (Å²) >= 11 is 0. The largest absolute Gasteiger partial charge is 0.288 e. The van der Waals surface area contributed by atoms with E-state index in [9.17, 15) is 0 Å². The molecule has 0 saturated carbocycles. The lowest BCUT2D eigenvalue weighted by Crippen LogP contribution is -2.65. The highest BCUT2D eigenvalue weighted by Gasteiger charge is 2.37. The molecule has 0 aliphatic rings.